The molecule has 158 valence electrons. The smallest absolute Gasteiger partial charge is 0.303 e. The molecule has 1 fully saturated rings. The molecule has 9 heteroatoms. The third-order valence-electron chi connectivity index (χ3n) is 4.64. The number of thiocarbonyl (C=S) groups is 1. The number of furan rings is 1. The number of unbranched alkanes of at least 4 members (excludes halogenated alkanes) is 2. The first-order valence-corrected chi connectivity index (χ1v) is 10.9. The lowest BCUT2D eigenvalue weighted by Crippen LogP contribution is -2.29. The van der Waals surface area contributed by atoms with E-state index in [9.17, 15) is 14.0 Å². The highest BCUT2D eigenvalue weighted by atomic mass is 35.5. The van der Waals surface area contributed by atoms with Crippen LogP contribution in [-0.2, 0) is 9.59 Å². The first-order chi connectivity index (χ1) is 14.3. The van der Waals surface area contributed by atoms with E-state index in [4.69, 9.17) is 33.3 Å². The second-order valence-electron chi connectivity index (χ2n) is 6.78. The number of carbonyl (C=O) groups excluding carboxylic acids is 1. The number of allylic oxidation sites excluding steroid dienone is 1. The largest absolute Gasteiger partial charge is 0.481 e. The summed E-state index contributed by atoms with van der Waals surface area (Å²) >= 11 is 12.4. The van der Waals surface area contributed by atoms with Gasteiger partial charge in [0.15, 0.2) is 0 Å². The Labute approximate surface area is 187 Å². The number of carboxylic acids is 1. The van der Waals surface area contributed by atoms with E-state index in [-0.39, 0.29) is 17.4 Å². The van der Waals surface area contributed by atoms with Crippen LogP contribution in [0.4, 0.5) is 4.39 Å². The molecule has 30 heavy (non-hydrogen) atoms. The number of halogens is 2. The van der Waals surface area contributed by atoms with Gasteiger partial charge >= 0.3 is 5.97 Å². The average molecular weight is 468 g/mol. The molecule has 0 aliphatic carbocycles. The molecule has 3 rings (SSSR count). The second-order valence-corrected chi connectivity index (χ2v) is 8.83. The molecule has 1 aromatic heterocycles. The van der Waals surface area contributed by atoms with Gasteiger partial charge in [-0.2, -0.15) is 0 Å². The van der Waals surface area contributed by atoms with Crippen LogP contribution in [0.25, 0.3) is 16.9 Å². The third kappa shape index (κ3) is 5.11. The zero-order chi connectivity index (χ0) is 21.8. The maximum Gasteiger partial charge on any atom is 0.303 e. The highest BCUT2D eigenvalue weighted by molar-refractivity contribution is 8.26. The van der Waals surface area contributed by atoms with Crippen LogP contribution in [-0.4, -0.2) is 32.7 Å². The van der Waals surface area contributed by atoms with Crippen molar-refractivity contribution in [2.24, 2.45) is 0 Å². The first kappa shape index (κ1) is 22.5. The lowest BCUT2D eigenvalue weighted by atomic mass is 10.1. The summed E-state index contributed by atoms with van der Waals surface area (Å²) in [6.07, 6.45) is 2.09. The molecule has 1 aliphatic heterocycles. The number of carbonyl (C=O) groups is 2. The molecule has 2 heterocycles. The van der Waals surface area contributed by atoms with Gasteiger partial charge in [-0.1, -0.05) is 42.0 Å². The Kier molecular flexibility index (Phi) is 7.33. The molecule has 5 nitrogen and oxygen atoms in total. The number of carboxylic acid groups (broad SMARTS) is 1. The summed E-state index contributed by atoms with van der Waals surface area (Å²) in [6.45, 7) is 2.25. The van der Waals surface area contributed by atoms with Crippen LogP contribution < -0.4 is 0 Å². The molecule has 0 radical (unpaired) electrons. The van der Waals surface area contributed by atoms with Crippen LogP contribution in [0.2, 0.25) is 5.02 Å². The van der Waals surface area contributed by atoms with Crippen molar-refractivity contribution in [3.8, 4) is 11.3 Å². The van der Waals surface area contributed by atoms with Gasteiger partial charge in [0.2, 0.25) is 0 Å². The molecule has 0 unspecified atom stereocenters. The minimum Gasteiger partial charge on any atom is -0.481 e. The van der Waals surface area contributed by atoms with E-state index in [0.717, 1.165) is 0 Å². The normalized spacial score (nSPS) is 15.8. The molecule has 1 N–H and O–H groups in total. The van der Waals surface area contributed by atoms with E-state index in [1.807, 2.05) is 0 Å². The van der Waals surface area contributed by atoms with Crippen LogP contribution in [0.1, 0.15) is 38.4 Å². The van der Waals surface area contributed by atoms with Gasteiger partial charge in [0.05, 0.1) is 9.93 Å². The van der Waals surface area contributed by atoms with Crippen molar-refractivity contribution in [1.29, 1.82) is 0 Å². The number of hydrogen-bond acceptors (Lipinski definition) is 5. The lowest BCUT2D eigenvalue weighted by molar-refractivity contribution is -0.137. The zero-order valence-corrected chi connectivity index (χ0v) is 18.5. The van der Waals surface area contributed by atoms with Crippen molar-refractivity contribution in [3.05, 3.63) is 51.8 Å². The highest BCUT2D eigenvalue weighted by Crippen LogP contribution is 2.38. The Balaban J connectivity index is 1.71. The molecule has 1 amide bonds. The fourth-order valence-corrected chi connectivity index (χ4v) is 4.52. The van der Waals surface area contributed by atoms with Gasteiger partial charge in [-0.15, -0.1) is 0 Å². The molecule has 1 saturated heterocycles. The Morgan fingerprint density at radius 1 is 1.27 bits per heavy atom. The van der Waals surface area contributed by atoms with Crippen molar-refractivity contribution < 1.29 is 23.5 Å². The number of thioether (sulfide) groups is 1. The predicted molar refractivity (Wildman–Crippen MR) is 120 cm³/mol. The second kappa shape index (κ2) is 9.76. The number of aliphatic carboxylic acids is 1. The van der Waals surface area contributed by atoms with E-state index in [1.54, 1.807) is 30.0 Å². The molecular weight excluding hydrogens is 449 g/mol. The lowest BCUT2D eigenvalue weighted by Gasteiger charge is -2.14. The topological polar surface area (TPSA) is 70.8 Å². The van der Waals surface area contributed by atoms with Crippen LogP contribution in [0.15, 0.2) is 39.7 Å². The van der Waals surface area contributed by atoms with Crippen LogP contribution >= 0.6 is 35.6 Å². The third-order valence-corrected chi connectivity index (χ3v) is 6.48. The van der Waals surface area contributed by atoms with Crippen molar-refractivity contribution in [1.82, 2.24) is 4.90 Å². The van der Waals surface area contributed by atoms with E-state index >= 15 is 0 Å². The zero-order valence-electron chi connectivity index (χ0n) is 16.1. The van der Waals surface area contributed by atoms with E-state index in [2.05, 4.69) is 0 Å². The standard InChI is InChI=1S/C21H19ClFNO4S2/c1-12(16-8-9-17(28-16)13-6-7-15(23)14(22)11-13)19-20(27)24(21(29)30-19)10-4-2-3-5-18(25)26/h6-9,11H,2-5,10H2,1H3,(H,25,26)/b19-12+. The fourth-order valence-electron chi connectivity index (χ4n) is 3.00. The number of hydrogen-bond donors (Lipinski definition) is 1. The monoisotopic (exact) mass is 467 g/mol. The van der Waals surface area contributed by atoms with Gasteiger partial charge in [-0.3, -0.25) is 14.5 Å². The summed E-state index contributed by atoms with van der Waals surface area (Å²) in [5.41, 5.74) is 1.30. The Morgan fingerprint density at radius 2 is 2.03 bits per heavy atom. The van der Waals surface area contributed by atoms with Crippen LogP contribution in [0.5, 0.6) is 0 Å². The van der Waals surface area contributed by atoms with Crippen molar-refractivity contribution in [3.63, 3.8) is 0 Å². The molecule has 2 aromatic rings. The van der Waals surface area contributed by atoms with Gasteiger partial charge < -0.3 is 9.52 Å². The van der Waals surface area contributed by atoms with Gasteiger partial charge in [0.25, 0.3) is 5.91 Å². The van der Waals surface area contributed by atoms with Gasteiger partial charge in [-0.25, -0.2) is 4.39 Å². The summed E-state index contributed by atoms with van der Waals surface area (Å²) in [7, 11) is 0. The Morgan fingerprint density at radius 3 is 2.73 bits per heavy atom. The van der Waals surface area contributed by atoms with Gasteiger partial charge in [-0.05, 0) is 50.1 Å². The predicted octanol–water partition coefficient (Wildman–Crippen LogP) is 5.98. The molecule has 0 saturated carbocycles. The minimum atomic E-state index is -0.820. The Hall–Kier alpha value is -2.16. The number of benzene rings is 1. The number of rotatable bonds is 8. The summed E-state index contributed by atoms with van der Waals surface area (Å²) in [5, 5.41) is 8.69. The van der Waals surface area contributed by atoms with E-state index in [0.29, 0.717) is 57.7 Å². The summed E-state index contributed by atoms with van der Waals surface area (Å²) in [5.74, 6) is -0.467. The molecule has 0 bridgehead atoms. The van der Waals surface area contributed by atoms with Gasteiger partial charge in [0.1, 0.15) is 21.7 Å². The summed E-state index contributed by atoms with van der Waals surface area (Å²) in [6, 6.07) is 7.82. The summed E-state index contributed by atoms with van der Waals surface area (Å²) in [4.78, 5) is 25.4. The molecular formula is C21H19ClFNO4S2. The summed E-state index contributed by atoms with van der Waals surface area (Å²) < 4.78 is 19.7. The average Bonchev–Trinajstić information content (AvgIpc) is 3.29. The molecule has 1 aromatic carbocycles. The highest BCUT2D eigenvalue weighted by Gasteiger charge is 2.33. The minimum absolute atomic E-state index is 0.00592. The fraction of sp³-hybridized carbons (Fsp3) is 0.286. The van der Waals surface area contributed by atoms with Crippen molar-refractivity contribution >= 4 is 57.4 Å². The van der Waals surface area contributed by atoms with E-state index < -0.39 is 11.8 Å². The van der Waals surface area contributed by atoms with Crippen molar-refractivity contribution in [2.45, 2.75) is 32.6 Å². The first-order valence-electron chi connectivity index (χ1n) is 9.30. The SMILES string of the molecule is C/C(=C1\SC(=S)N(CCCCCC(=O)O)C1=O)c1ccc(-c2ccc(F)c(Cl)c2)o1. The number of nitrogens with zero attached hydrogens (tertiary/aromatic N) is 1. The molecule has 1 aliphatic rings. The van der Waals surface area contributed by atoms with Crippen LogP contribution in [0.3, 0.4) is 0 Å². The maximum absolute atomic E-state index is 13.4. The Bertz CT molecular complexity index is 1030. The number of amides is 1. The quantitative estimate of drug-likeness (QED) is 0.293. The van der Waals surface area contributed by atoms with E-state index in [1.165, 1.54) is 23.9 Å². The van der Waals surface area contributed by atoms with Crippen molar-refractivity contribution in [2.75, 3.05) is 6.54 Å². The molecule has 0 atom stereocenters. The molecule has 0 spiro atoms. The van der Waals surface area contributed by atoms with Gasteiger partial charge in [0, 0.05) is 24.1 Å². The maximum atomic E-state index is 13.4. The van der Waals surface area contributed by atoms with Crippen LogP contribution in [0, 0.1) is 5.82 Å².